The number of alkyl halides is 3. The van der Waals surface area contributed by atoms with Crippen LogP contribution < -0.4 is 10.5 Å². The second kappa shape index (κ2) is 6.51. The number of halogens is 4. The topological polar surface area (TPSA) is 90.0 Å². The molecule has 1 saturated carbocycles. The molecule has 1 fully saturated rings. The Bertz CT molecular complexity index is 571. The van der Waals surface area contributed by atoms with E-state index in [9.17, 15) is 21.6 Å². The van der Waals surface area contributed by atoms with Crippen LogP contribution in [-0.4, -0.2) is 37.0 Å². The van der Waals surface area contributed by atoms with Crippen molar-refractivity contribution in [3.8, 4) is 0 Å². The van der Waals surface area contributed by atoms with Gasteiger partial charge in [0.15, 0.2) is 0 Å². The molecule has 1 unspecified atom stereocenters. The summed E-state index contributed by atoms with van der Waals surface area (Å²) in [5.41, 5.74) is 5.76. The minimum atomic E-state index is -4.45. The van der Waals surface area contributed by atoms with Crippen molar-refractivity contribution < 1.29 is 21.6 Å². The zero-order valence-electron chi connectivity index (χ0n) is 10.9. The standard InChI is InChI=1S/C10H15F3N4O2S.ClH/c11-10(12,13)6-17-5-8(3-15-17)20(18,19)16-4-9(14)7-1-2-7;/h3,5,7,9,16H,1-2,4,6,14H2;1H. The van der Waals surface area contributed by atoms with Crippen molar-refractivity contribution in [3.63, 3.8) is 0 Å². The van der Waals surface area contributed by atoms with E-state index in [4.69, 9.17) is 5.73 Å². The number of rotatable bonds is 6. The zero-order valence-corrected chi connectivity index (χ0v) is 12.5. The average molecular weight is 349 g/mol. The van der Waals surface area contributed by atoms with E-state index in [0.717, 1.165) is 25.2 Å². The lowest BCUT2D eigenvalue weighted by molar-refractivity contribution is -0.142. The van der Waals surface area contributed by atoms with Gasteiger partial charge in [-0.05, 0) is 18.8 Å². The van der Waals surface area contributed by atoms with Crippen LogP contribution in [0.1, 0.15) is 12.8 Å². The first-order valence-corrected chi connectivity index (χ1v) is 7.50. The maximum absolute atomic E-state index is 12.2. The van der Waals surface area contributed by atoms with E-state index >= 15 is 0 Å². The molecule has 0 radical (unpaired) electrons. The summed E-state index contributed by atoms with van der Waals surface area (Å²) in [5.74, 6) is 0.325. The maximum Gasteiger partial charge on any atom is 0.408 e. The molecule has 1 atom stereocenters. The molecule has 3 N–H and O–H groups in total. The molecule has 11 heteroatoms. The highest BCUT2D eigenvalue weighted by atomic mass is 35.5. The van der Waals surface area contributed by atoms with Gasteiger partial charge >= 0.3 is 6.18 Å². The molecule has 1 aromatic heterocycles. The van der Waals surface area contributed by atoms with Crippen LogP contribution in [0.4, 0.5) is 13.2 Å². The van der Waals surface area contributed by atoms with Crippen molar-refractivity contribution >= 4 is 22.4 Å². The summed E-state index contributed by atoms with van der Waals surface area (Å²) in [6.07, 6.45) is -0.761. The predicted molar refractivity (Wildman–Crippen MR) is 71.4 cm³/mol. The van der Waals surface area contributed by atoms with E-state index in [0.29, 0.717) is 10.6 Å². The lowest BCUT2D eigenvalue weighted by atomic mass is 10.2. The summed E-state index contributed by atoms with van der Waals surface area (Å²) in [6, 6.07) is -0.269. The molecular formula is C10H16ClF3N4O2S. The number of hydrogen-bond donors (Lipinski definition) is 2. The molecule has 1 aromatic rings. The van der Waals surface area contributed by atoms with E-state index < -0.39 is 22.7 Å². The normalized spacial score (nSPS) is 17.3. The van der Waals surface area contributed by atoms with Crippen LogP contribution in [0.25, 0.3) is 0 Å². The summed E-state index contributed by atoms with van der Waals surface area (Å²) in [4.78, 5) is -0.301. The second-order valence-electron chi connectivity index (χ2n) is 4.84. The molecular weight excluding hydrogens is 333 g/mol. The first kappa shape index (κ1) is 18.2. The van der Waals surface area contributed by atoms with Gasteiger partial charge in [-0.25, -0.2) is 13.1 Å². The largest absolute Gasteiger partial charge is 0.408 e. The van der Waals surface area contributed by atoms with Crippen molar-refractivity contribution in [3.05, 3.63) is 12.4 Å². The average Bonchev–Trinajstić information content (AvgIpc) is 3.05. The number of nitrogens with zero attached hydrogens (tertiary/aromatic N) is 2. The van der Waals surface area contributed by atoms with Crippen molar-refractivity contribution in [2.45, 2.75) is 36.5 Å². The molecule has 1 aliphatic carbocycles. The molecule has 6 nitrogen and oxygen atoms in total. The summed E-state index contributed by atoms with van der Waals surface area (Å²) >= 11 is 0. The molecule has 0 saturated heterocycles. The first-order chi connectivity index (χ1) is 9.17. The predicted octanol–water partition coefficient (Wildman–Crippen LogP) is 0.883. The minimum absolute atomic E-state index is 0. The molecule has 2 rings (SSSR count). The maximum atomic E-state index is 12.2. The Labute approximate surface area is 126 Å². The van der Waals surface area contributed by atoms with Gasteiger partial charge in [0.1, 0.15) is 11.4 Å². The SMILES string of the molecule is Cl.NC(CNS(=O)(=O)c1cnn(CC(F)(F)F)c1)C1CC1. The number of nitrogens with two attached hydrogens (primary N) is 1. The van der Waals surface area contributed by atoms with Crippen LogP contribution in [0.5, 0.6) is 0 Å². The summed E-state index contributed by atoms with van der Waals surface area (Å²) < 4.78 is 63.0. The Morgan fingerprint density at radius 1 is 1.48 bits per heavy atom. The molecule has 0 aliphatic heterocycles. The Hall–Kier alpha value is -0.840. The third kappa shape index (κ3) is 5.46. The smallest absolute Gasteiger partial charge is 0.326 e. The van der Waals surface area contributed by atoms with Crippen LogP contribution in [-0.2, 0) is 16.6 Å². The van der Waals surface area contributed by atoms with Gasteiger partial charge in [0.25, 0.3) is 0 Å². The highest BCUT2D eigenvalue weighted by Crippen LogP contribution is 2.31. The van der Waals surface area contributed by atoms with E-state index in [2.05, 4.69) is 9.82 Å². The van der Waals surface area contributed by atoms with Crippen LogP contribution in [0.2, 0.25) is 0 Å². The zero-order chi connectivity index (χ0) is 15.0. The molecule has 1 aliphatic rings. The Balaban J connectivity index is 0.00000220. The fraction of sp³-hybridized carbons (Fsp3) is 0.700. The van der Waals surface area contributed by atoms with Crippen molar-refractivity contribution in [2.75, 3.05) is 6.54 Å². The van der Waals surface area contributed by atoms with Crippen molar-refractivity contribution in [1.29, 1.82) is 0 Å². The molecule has 0 spiro atoms. The van der Waals surface area contributed by atoms with Gasteiger partial charge in [0.2, 0.25) is 10.0 Å². The Morgan fingerprint density at radius 2 is 2.10 bits per heavy atom. The Morgan fingerprint density at radius 3 is 2.62 bits per heavy atom. The van der Waals surface area contributed by atoms with Crippen molar-refractivity contribution in [2.24, 2.45) is 11.7 Å². The minimum Gasteiger partial charge on any atom is -0.326 e. The lowest BCUT2D eigenvalue weighted by Gasteiger charge is -2.11. The molecule has 122 valence electrons. The van der Waals surface area contributed by atoms with Crippen LogP contribution in [0.15, 0.2) is 17.3 Å². The number of aromatic nitrogens is 2. The molecule has 21 heavy (non-hydrogen) atoms. The molecule has 0 aromatic carbocycles. The number of sulfonamides is 1. The lowest BCUT2D eigenvalue weighted by Crippen LogP contribution is -2.38. The molecule has 0 amide bonds. The highest BCUT2D eigenvalue weighted by Gasteiger charge is 2.31. The first-order valence-electron chi connectivity index (χ1n) is 6.02. The van der Waals surface area contributed by atoms with Gasteiger partial charge in [-0.2, -0.15) is 18.3 Å². The fourth-order valence-corrected chi connectivity index (χ4v) is 2.76. The molecule has 0 bridgehead atoms. The van der Waals surface area contributed by atoms with Crippen LogP contribution in [0, 0.1) is 5.92 Å². The van der Waals surface area contributed by atoms with Gasteiger partial charge < -0.3 is 5.73 Å². The van der Waals surface area contributed by atoms with Gasteiger partial charge in [-0.15, -0.1) is 12.4 Å². The molecule has 1 heterocycles. The Kier molecular flexibility index (Phi) is 5.64. The van der Waals surface area contributed by atoms with E-state index in [-0.39, 0.29) is 29.9 Å². The summed E-state index contributed by atoms with van der Waals surface area (Å²) in [6.45, 7) is -1.26. The summed E-state index contributed by atoms with van der Waals surface area (Å²) in [5, 5.41) is 3.39. The fourth-order valence-electron chi connectivity index (χ4n) is 1.73. The highest BCUT2D eigenvalue weighted by molar-refractivity contribution is 7.89. The monoisotopic (exact) mass is 348 g/mol. The second-order valence-corrected chi connectivity index (χ2v) is 6.61. The van der Waals surface area contributed by atoms with Gasteiger partial charge in [-0.1, -0.05) is 0 Å². The van der Waals surface area contributed by atoms with Gasteiger partial charge in [-0.3, -0.25) is 4.68 Å². The van der Waals surface area contributed by atoms with E-state index in [1.807, 2.05) is 0 Å². The quantitative estimate of drug-likeness (QED) is 0.798. The van der Waals surface area contributed by atoms with Crippen molar-refractivity contribution in [1.82, 2.24) is 14.5 Å². The van der Waals surface area contributed by atoms with Crippen LogP contribution >= 0.6 is 12.4 Å². The van der Waals surface area contributed by atoms with E-state index in [1.165, 1.54) is 0 Å². The number of nitrogens with one attached hydrogen (secondary N) is 1. The summed E-state index contributed by atoms with van der Waals surface area (Å²) in [7, 11) is -3.88. The van der Waals surface area contributed by atoms with Gasteiger partial charge in [0, 0.05) is 18.8 Å². The van der Waals surface area contributed by atoms with Crippen LogP contribution in [0.3, 0.4) is 0 Å². The van der Waals surface area contributed by atoms with E-state index in [1.54, 1.807) is 0 Å². The number of hydrogen-bond acceptors (Lipinski definition) is 4. The third-order valence-electron chi connectivity index (χ3n) is 3.00. The van der Waals surface area contributed by atoms with Gasteiger partial charge in [0.05, 0.1) is 6.20 Å². The third-order valence-corrected chi connectivity index (χ3v) is 4.38.